The number of alkyl halides is 3. The Morgan fingerprint density at radius 2 is 2.04 bits per heavy atom. The molecule has 1 aromatic carbocycles. The Hall–Kier alpha value is -2.26. The van der Waals surface area contributed by atoms with E-state index in [0.29, 0.717) is 12.4 Å². The van der Waals surface area contributed by atoms with Crippen LogP contribution in [0.1, 0.15) is 35.1 Å². The van der Waals surface area contributed by atoms with Crippen LogP contribution in [0, 0.1) is 6.92 Å². The van der Waals surface area contributed by atoms with Gasteiger partial charge in [-0.25, -0.2) is 4.98 Å². The Kier molecular flexibility index (Phi) is 5.10. The molecule has 0 saturated carbocycles. The summed E-state index contributed by atoms with van der Waals surface area (Å²) in [4.78, 5) is 10.7. The summed E-state index contributed by atoms with van der Waals surface area (Å²) >= 11 is 1.58. The van der Waals surface area contributed by atoms with Crippen LogP contribution < -0.4 is 0 Å². The van der Waals surface area contributed by atoms with Crippen LogP contribution in [0.4, 0.5) is 13.2 Å². The molecule has 0 aliphatic carbocycles. The summed E-state index contributed by atoms with van der Waals surface area (Å²) in [6.07, 6.45) is -4.41. The minimum Gasteiger partial charge on any atom is -0.337 e. The molecule has 0 spiro atoms. The summed E-state index contributed by atoms with van der Waals surface area (Å²) in [7, 11) is 1.90. The largest absolute Gasteiger partial charge is 0.416 e. The van der Waals surface area contributed by atoms with Crippen molar-refractivity contribution in [3.63, 3.8) is 0 Å². The molecule has 26 heavy (non-hydrogen) atoms. The molecule has 138 valence electrons. The van der Waals surface area contributed by atoms with Gasteiger partial charge in [0.05, 0.1) is 22.3 Å². The molecule has 1 atom stereocenters. The Bertz CT molecular complexity index is 890. The van der Waals surface area contributed by atoms with Gasteiger partial charge >= 0.3 is 6.18 Å². The van der Waals surface area contributed by atoms with Gasteiger partial charge in [-0.3, -0.25) is 4.90 Å². The highest BCUT2D eigenvalue weighted by Gasteiger charge is 2.31. The number of hydrogen-bond donors (Lipinski definition) is 0. The van der Waals surface area contributed by atoms with Crippen molar-refractivity contribution in [2.75, 3.05) is 7.05 Å². The zero-order valence-corrected chi connectivity index (χ0v) is 15.2. The first-order valence-electron chi connectivity index (χ1n) is 7.86. The van der Waals surface area contributed by atoms with Crippen LogP contribution in [0.3, 0.4) is 0 Å². The smallest absolute Gasteiger partial charge is 0.337 e. The second-order valence-corrected chi connectivity index (χ2v) is 7.05. The van der Waals surface area contributed by atoms with E-state index in [0.717, 1.165) is 22.8 Å². The lowest BCUT2D eigenvalue weighted by atomic mass is 10.1. The first kappa shape index (κ1) is 18.5. The van der Waals surface area contributed by atoms with Crippen molar-refractivity contribution in [1.82, 2.24) is 20.0 Å². The Labute approximate surface area is 152 Å². The minimum absolute atomic E-state index is 0.135. The molecule has 0 N–H and O–H groups in total. The molecule has 0 aliphatic rings. The summed E-state index contributed by atoms with van der Waals surface area (Å²) < 4.78 is 43.8. The summed E-state index contributed by atoms with van der Waals surface area (Å²) in [5.74, 6) is 0.475. The lowest BCUT2D eigenvalue weighted by Crippen LogP contribution is -2.22. The Morgan fingerprint density at radius 1 is 1.27 bits per heavy atom. The summed E-state index contributed by atoms with van der Waals surface area (Å²) in [6.45, 7) is 4.44. The van der Waals surface area contributed by atoms with Crippen molar-refractivity contribution in [2.24, 2.45) is 0 Å². The maximum atomic E-state index is 12.9. The molecule has 2 aromatic heterocycles. The second kappa shape index (κ2) is 7.16. The molecule has 0 saturated heterocycles. The average molecular weight is 382 g/mol. The van der Waals surface area contributed by atoms with Crippen LogP contribution in [0.15, 0.2) is 34.2 Å². The van der Waals surface area contributed by atoms with Crippen LogP contribution in [0.5, 0.6) is 0 Å². The van der Waals surface area contributed by atoms with Gasteiger partial charge in [-0.05, 0) is 33.0 Å². The average Bonchev–Trinajstić information content (AvgIpc) is 3.23. The van der Waals surface area contributed by atoms with E-state index in [1.165, 1.54) is 12.1 Å². The number of thiazole rings is 1. The summed E-state index contributed by atoms with van der Waals surface area (Å²) in [5.41, 5.74) is 0.463. The first-order valence-corrected chi connectivity index (χ1v) is 8.74. The number of hydrogen-bond acceptors (Lipinski definition) is 6. The van der Waals surface area contributed by atoms with E-state index >= 15 is 0 Å². The first-order chi connectivity index (χ1) is 12.2. The van der Waals surface area contributed by atoms with E-state index in [4.69, 9.17) is 4.52 Å². The van der Waals surface area contributed by atoms with Crippen molar-refractivity contribution in [1.29, 1.82) is 0 Å². The topological polar surface area (TPSA) is 55.1 Å². The van der Waals surface area contributed by atoms with Crippen LogP contribution >= 0.6 is 11.3 Å². The highest BCUT2D eigenvalue weighted by atomic mass is 32.1. The maximum Gasteiger partial charge on any atom is 0.416 e. The molecule has 3 rings (SSSR count). The Balaban J connectivity index is 1.76. The minimum atomic E-state index is -4.41. The third-order valence-corrected chi connectivity index (χ3v) is 4.81. The van der Waals surface area contributed by atoms with Gasteiger partial charge in [0.1, 0.15) is 0 Å². The monoisotopic (exact) mass is 382 g/mol. The van der Waals surface area contributed by atoms with Gasteiger partial charge < -0.3 is 4.52 Å². The molecule has 0 aliphatic heterocycles. The standard InChI is InChI=1S/C17H17F3N4OS/c1-10(24(3)8-14-9-26-11(2)21-14)16-22-15(23-25-16)12-5-4-6-13(7-12)17(18,19)20/h4-7,9-10H,8H2,1-3H3. The molecule has 0 bridgehead atoms. The van der Waals surface area contributed by atoms with Gasteiger partial charge in [-0.2, -0.15) is 18.2 Å². The fraction of sp³-hybridized carbons (Fsp3) is 0.353. The Morgan fingerprint density at radius 3 is 2.69 bits per heavy atom. The van der Waals surface area contributed by atoms with Crippen molar-refractivity contribution in [3.05, 3.63) is 51.8 Å². The molecule has 2 heterocycles. The third-order valence-electron chi connectivity index (χ3n) is 3.99. The van der Waals surface area contributed by atoms with Crippen molar-refractivity contribution >= 4 is 11.3 Å². The molecule has 0 radical (unpaired) electrons. The summed E-state index contributed by atoms with van der Waals surface area (Å²) in [5, 5.41) is 6.81. The van der Waals surface area contributed by atoms with E-state index in [1.54, 1.807) is 11.3 Å². The molecule has 1 unspecified atom stereocenters. The fourth-order valence-corrected chi connectivity index (χ4v) is 3.02. The lowest BCUT2D eigenvalue weighted by Gasteiger charge is -2.20. The van der Waals surface area contributed by atoms with Gasteiger partial charge in [0.2, 0.25) is 11.7 Å². The highest BCUT2D eigenvalue weighted by molar-refractivity contribution is 7.09. The molecule has 3 aromatic rings. The van der Waals surface area contributed by atoms with Gasteiger partial charge in [-0.15, -0.1) is 11.3 Å². The van der Waals surface area contributed by atoms with E-state index < -0.39 is 11.7 Å². The fourth-order valence-electron chi connectivity index (χ4n) is 2.42. The molecule has 5 nitrogen and oxygen atoms in total. The third kappa shape index (κ3) is 4.10. The van der Waals surface area contributed by atoms with Crippen LogP contribution in [-0.2, 0) is 12.7 Å². The molecule has 0 fully saturated rings. The lowest BCUT2D eigenvalue weighted by molar-refractivity contribution is -0.137. The van der Waals surface area contributed by atoms with Gasteiger partial charge in [0.25, 0.3) is 0 Å². The van der Waals surface area contributed by atoms with Crippen LogP contribution in [0.25, 0.3) is 11.4 Å². The normalized spacial score (nSPS) is 13.3. The van der Waals surface area contributed by atoms with E-state index in [9.17, 15) is 13.2 Å². The number of aryl methyl sites for hydroxylation is 1. The molecular formula is C17H17F3N4OS. The quantitative estimate of drug-likeness (QED) is 0.639. The zero-order valence-electron chi connectivity index (χ0n) is 14.4. The van der Waals surface area contributed by atoms with E-state index in [2.05, 4.69) is 15.1 Å². The molecular weight excluding hydrogens is 365 g/mol. The maximum absolute atomic E-state index is 12.9. The highest BCUT2D eigenvalue weighted by Crippen LogP contribution is 2.32. The van der Waals surface area contributed by atoms with Gasteiger partial charge in [0.15, 0.2) is 0 Å². The van der Waals surface area contributed by atoms with E-state index in [-0.39, 0.29) is 17.4 Å². The van der Waals surface area contributed by atoms with E-state index in [1.807, 2.05) is 31.2 Å². The number of nitrogens with zero attached hydrogens (tertiary/aromatic N) is 4. The van der Waals surface area contributed by atoms with Crippen molar-refractivity contribution in [3.8, 4) is 11.4 Å². The van der Waals surface area contributed by atoms with Crippen LogP contribution in [0.2, 0.25) is 0 Å². The zero-order chi connectivity index (χ0) is 18.9. The SMILES string of the molecule is Cc1nc(CN(C)C(C)c2nc(-c3cccc(C(F)(F)F)c3)no2)cs1. The predicted molar refractivity (Wildman–Crippen MR) is 91.5 cm³/mol. The number of halogens is 3. The van der Waals surface area contributed by atoms with Crippen molar-refractivity contribution in [2.45, 2.75) is 32.6 Å². The molecule has 0 amide bonds. The number of rotatable bonds is 5. The number of aromatic nitrogens is 3. The van der Waals surface area contributed by atoms with Crippen LogP contribution in [-0.4, -0.2) is 27.1 Å². The van der Waals surface area contributed by atoms with Crippen molar-refractivity contribution < 1.29 is 17.7 Å². The summed E-state index contributed by atoms with van der Waals surface area (Å²) in [6, 6.07) is 4.67. The number of benzene rings is 1. The van der Waals surface area contributed by atoms with Gasteiger partial charge in [-0.1, -0.05) is 17.3 Å². The van der Waals surface area contributed by atoms with Gasteiger partial charge in [0, 0.05) is 17.5 Å². The molecule has 9 heteroatoms. The predicted octanol–water partition coefficient (Wildman–Crippen LogP) is 4.71. The second-order valence-electron chi connectivity index (χ2n) is 5.98.